The topological polar surface area (TPSA) is 49.9 Å². The summed E-state index contributed by atoms with van der Waals surface area (Å²) in [4.78, 5) is 0. The van der Waals surface area contributed by atoms with Gasteiger partial charge >= 0.3 is 0 Å². The molecule has 0 heterocycles. The Morgan fingerprint density at radius 2 is 2.09 bits per heavy atom. The van der Waals surface area contributed by atoms with Crippen molar-refractivity contribution in [3.63, 3.8) is 0 Å². The molecule has 1 aromatic carbocycles. The fourth-order valence-electron chi connectivity index (χ4n) is 0.892. The maximum atomic E-state index is 7.15. The summed E-state index contributed by atoms with van der Waals surface area (Å²) in [6.45, 7) is 1.92. The summed E-state index contributed by atoms with van der Waals surface area (Å²) in [5.74, 6) is 0.0515. The smallest absolute Gasteiger partial charge is 0.122 e. The van der Waals surface area contributed by atoms with Crippen LogP contribution in [0.4, 0.5) is 0 Å². The van der Waals surface area contributed by atoms with E-state index < -0.39 is 0 Å². The number of amidine groups is 1. The molecule has 0 spiro atoms. The van der Waals surface area contributed by atoms with Crippen molar-refractivity contribution < 1.29 is 0 Å². The minimum absolute atomic E-state index is 0.0515. The van der Waals surface area contributed by atoms with Crippen LogP contribution in [-0.2, 0) is 0 Å². The van der Waals surface area contributed by atoms with Gasteiger partial charge in [0.1, 0.15) is 5.84 Å². The van der Waals surface area contributed by atoms with E-state index in [1.165, 1.54) is 0 Å². The molecule has 0 amide bonds. The molecule has 0 unspecified atom stereocenters. The van der Waals surface area contributed by atoms with Gasteiger partial charge in [-0.05, 0) is 30.7 Å². The molecule has 0 bridgehead atoms. The van der Waals surface area contributed by atoms with Crippen LogP contribution in [0.5, 0.6) is 0 Å². The maximum Gasteiger partial charge on any atom is 0.122 e. The molecule has 0 aliphatic heterocycles. The van der Waals surface area contributed by atoms with Crippen molar-refractivity contribution in [1.82, 2.24) is 0 Å². The molecule has 0 radical (unpaired) electrons. The summed E-state index contributed by atoms with van der Waals surface area (Å²) in [6.07, 6.45) is 0. The van der Waals surface area contributed by atoms with Crippen molar-refractivity contribution in [3.05, 3.63) is 34.3 Å². The summed E-state index contributed by atoms with van der Waals surface area (Å²) in [5, 5.41) is 7.77. The zero-order valence-corrected chi connectivity index (χ0v) is 6.94. The average molecular weight is 169 g/mol. The van der Waals surface area contributed by atoms with Gasteiger partial charge in [-0.2, -0.15) is 0 Å². The van der Waals surface area contributed by atoms with E-state index in [1.807, 2.05) is 19.1 Å². The summed E-state index contributed by atoms with van der Waals surface area (Å²) < 4.78 is 0. The monoisotopic (exact) mass is 168 g/mol. The lowest BCUT2D eigenvalue weighted by atomic mass is 10.1. The summed E-state index contributed by atoms with van der Waals surface area (Å²) >= 11 is 5.74. The molecule has 3 N–H and O–H groups in total. The first-order valence-electron chi connectivity index (χ1n) is 3.21. The zero-order chi connectivity index (χ0) is 8.43. The van der Waals surface area contributed by atoms with Crippen LogP contribution in [0.15, 0.2) is 18.2 Å². The Kier molecular flexibility index (Phi) is 2.15. The second-order valence-corrected chi connectivity index (χ2v) is 2.87. The molecule has 0 saturated heterocycles. The molecule has 1 aromatic rings. The lowest BCUT2D eigenvalue weighted by molar-refractivity contribution is 1.39. The van der Waals surface area contributed by atoms with Gasteiger partial charge in [0, 0.05) is 10.6 Å². The van der Waals surface area contributed by atoms with E-state index in [0.717, 1.165) is 5.56 Å². The molecule has 0 saturated carbocycles. The molecule has 0 aliphatic rings. The fourth-order valence-corrected chi connectivity index (χ4v) is 1.18. The number of nitrogen functional groups attached to an aromatic ring is 1. The van der Waals surface area contributed by atoms with Gasteiger partial charge in [-0.15, -0.1) is 0 Å². The lowest BCUT2D eigenvalue weighted by Crippen LogP contribution is -2.10. The lowest BCUT2D eigenvalue weighted by Gasteiger charge is -2.00. The van der Waals surface area contributed by atoms with Crippen molar-refractivity contribution in [2.75, 3.05) is 0 Å². The Hall–Kier alpha value is -1.02. The van der Waals surface area contributed by atoms with E-state index in [-0.39, 0.29) is 5.84 Å². The molecule has 1 rings (SSSR count). The molecule has 2 nitrogen and oxygen atoms in total. The van der Waals surface area contributed by atoms with Gasteiger partial charge in [0.2, 0.25) is 0 Å². The fraction of sp³-hybridized carbons (Fsp3) is 0.125. The first kappa shape index (κ1) is 8.08. The van der Waals surface area contributed by atoms with Gasteiger partial charge in [-0.1, -0.05) is 11.6 Å². The SMILES string of the molecule is Cc1cc(Cl)cc(C(=N)N)c1. The molecule has 0 atom stereocenters. The van der Waals surface area contributed by atoms with Gasteiger partial charge < -0.3 is 5.73 Å². The van der Waals surface area contributed by atoms with Crippen LogP contribution in [0.25, 0.3) is 0 Å². The molecule has 3 heteroatoms. The number of hydrogen-bond donors (Lipinski definition) is 2. The third-order valence-electron chi connectivity index (χ3n) is 1.35. The summed E-state index contributed by atoms with van der Waals surface area (Å²) in [6, 6.07) is 5.33. The van der Waals surface area contributed by atoms with Crippen molar-refractivity contribution >= 4 is 17.4 Å². The predicted molar refractivity (Wildman–Crippen MR) is 47.2 cm³/mol. The van der Waals surface area contributed by atoms with E-state index in [9.17, 15) is 0 Å². The third kappa shape index (κ3) is 1.95. The molecule has 11 heavy (non-hydrogen) atoms. The highest BCUT2D eigenvalue weighted by Crippen LogP contribution is 2.13. The van der Waals surface area contributed by atoms with Crippen LogP contribution >= 0.6 is 11.6 Å². The molecular formula is C8H9ClN2. The number of aryl methyl sites for hydroxylation is 1. The van der Waals surface area contributed by atoms with Gasteiger partial charge in [-0.25, -0.2) is 0 Å². The molecule has 0 fully saturated rings. The van der Waals surface area contributed by atoms with Crippen LogP contribution < -0.4 is 5.73 Å². The van der Waals surface area contributed by atoms with Crippen LogP contribution in [0, 0.1) is 12.3 Å². The van der Waals surface area contributed by atoms with Gasteiger partial charge in [0.05, 0.1) is 0 Å². The predicted octanol–water partition coefficient (Wildman–Crippen LogP) is 1.93. The molecular weight excluding hydrogens is 160 g/mol. The summed E-state index contributed by atoms with van der Waals surface area (Å²) in [5.41, 5.74) is 6.97. The van der Waals surface area contributed by atoms with E-state index >= 15 is 0 Å². The van der Waals surface area contributed by atoms with E-state index in [2.05, 4.69) is 0 Å². The Bertz CT molecular complexity index is 274. The van der Waals surface area contributed by atoms with Gasteiger partial charge in [0.25, 0.3) is 0 Å². The third-order valence-corrected chi connectivity index (χ3v) is 1.57. The van der Waals surface area contributed by atoms with Crippen molar-refractivity contribution in [3.8, 4) is 0 Å². The van der Waals surface area contributed by atoms with Crippen LogP contribution in [0.1, 0.15) is 11.1 Å². The van der Waals surface area contributed by atoms with E-state index in [1.54, 1.807) is 6.07 Å². The first-order valence-corrected chi connectivity index (χ1v) is 3.59. The van der Waals surface area contributed by atoms with Crippen LogP contribution in [0.2, 0.25) is 5.02 Å². The van der Waals surface area contributed by atoms with Crippen molar-refractivity contribution in [2.45, 2.75) is 6.92 Å². The second-order valence-electron chi connectivity index (χ2n) is 2.43. The Balaban J connectivity index is 3.19. The Morgan fingerprint density at radius 3 is 2.55 bits per heavy atom. The normalized spacial score (nSPS) is 9.64. The number of nitrogens with one attached hydrogen (secondary N) is 1. The quantitative estimate of drug-likeness (QED) is 0.489. The summed E-state index contributed by atoms with van der Waals surface area (Å²) in [7, 11) is 0. The minimum atomic E-state index is 0.0515. The Morgan fingerprint density at radius 1 is 1.45 bits per heavy atom. The van der Waals surface area contributed by atoms with E-state index in [0.29, 0.717) is 10.6 Å². The molecule has 0 aromatic heterocycles. The second kappa shape index (κ2) is 2.93. The zero-order valence-electron chi connectivity index (χ0n) is 6.19. The first-order chi connectivity index (χ1) is 5.09. The van der Waals surface area contributed by atoms with Crippen LogP contribution in [-0.4, -0.2) is 5.84 Å². The number of rotatable bonds is 1. The minimum Gasteiger partial charge on any atom is -0.384 e. The highest BCUT2D eigenvalue weighted by Gasteiger charge is 1.98. The molecule has 58 valence electrons. The van der Waals surface area contributed by atoms with Crippen LogP contribution in [0.3, 0.4) is 0 Å². The number of hydrogen-bond acceptors (Lipinski definition) is 1. The average Bonchev–Trinajstić information content (AvgIpc) is 1.85. The van der Waals surface area contributed by atoms with E-state index in [4.69, 9.17) is 22.7 Å². The number of benzene rings is 1. The maximum absolute atomic E-state index is 7.15. The number of nitrogens with two attached hydrogens (primary N) is 1. The highest BCUT2D eigenvalue weighted by molar-refractivity contribution is 6.31. The Labute approximate surface area is 70.5 Å². The number of halogens is 1. The largest absolute Gasteiger partial charge is 0.384 e. The van der Waals surface area contributed by atoms with Gasteiger partial charge in [0.15, 0.2) is 0 Å². The van der Waals surface area contributed by atoms with Crippen molar-refractivity contribution in [1.29, 1.82) is 5.41 Å². The van der Waals surface area contributed by atoms with Crippen molar-refractivity contribution in [2.24, 2.45) is 5.73 Å². The highest BCUT2D eigenvalue weighted by atomic mass is 35.5. The standard InChI is InChI=1S/C8H9ClN2/c1-5-2-6(8(10)11)4-7(9)3-5/h2-4H,1H3,(H3,10,11). The molecule has 0 aliphatic carbocycles. The van der Waals surface area contributed by atoms with Gasteiger partial charge in [-0.3, -0.25) is 5.41 Å².